The number of fused-ring (bicyclic) bond motifs is 1. The summed E-state index contributed by atoms with van der Waals surface area (Å²) in [5.74, 6) is 1.73. The summed E-state index contributed by atoms with van der Waals surface area (Å²) in [4.78, 5) is 12.8. The number of rotatable bonds is 2. The fraction of sp³-hybridized carbons (Fsp3) is 0.938. The first-order chi connectivity index (χ1) is 9.21. The van der Waals surface area contributed by atoms with Gasteiger partial charge in [0, 0.05) is 12.6 Å². The van der Waals surface area contributed by atoms with Crippen molar-refractivity contribution in [2.24, 2.45) is 17.3 Å². The summed E-state index contributed by atoms with van der Waals surface area (Å²) in [5, 5.41) is 6.87. The summed E-state index contributed by atoms with van der Waals surface area (Å²) in [6, 6.07) is 0.439. The highest BCUT2D eigenvalue weighted by Gasteiger charge is 2.50. The van der Waals surface area contributed by atoms with Crippen molar-refractivity contribution in [3.05, 3.63) is 0 Å². The second-order valence-electron chi connectivity index (χ2n) is 7.17. The van der Waals surface area contributed by atoms with Crippen LogP contribution < -0.4 is 10.6 Å². The van der Waals surface area contributed by atoms with Crippen LogP contribution in [0.1, 0.15) is 58.3 Å². The molecule has 1 saturated heterocycles. The zero-order valence-electron chi connectivity index (χ0n) is 12.6. The van der Waals surface area contributed by atoms with Crippen molar-refractivity contribution in [2.45, 2.75) is 64.3 Å². The van der Waals surface area contributed by atoms with Crippen molar-refractivity contribution >= 4 is 18.3 Å². The lowest BCUT2D eigenvalue weighted by Crippen LogP contribution is -2.51. The smallest absolute Gasteiger partial charge is 0.228 e. The molecule has 0 aromatic heterocycles. The number of amides is 1. The molecular weight excluding hydrogens is 272 g/mol. The maximum Gasteiger partial charge on any atom is 0.228 e. The molecule has 3 nitrogen and oxygen atoms in total. The van der Waals surface area contributed by atoms with Crippen molar-refractivity contribution < 1.29 is 4.79 Å². The number of carbonyl (C=O) groups is 1. The summed E-state index contributed by atoms with van der Waals surface area (Å²) in [6.45, 7) is 4.28. The van der Waals surface area contributed by atoms with E-state index in [9.17, 15) is 4.79 Å². The highest BCUT2D eigenvalue weighted by atomic mass is 35.5. The zero-order valence-corrected chi connectivity index (χ0v) is 13.4. The van der Waals surface area contributed by atoms with Crippen LogP contribution >= 0.6 is 12.4 Å². The van der Waals surface area contributed by atoms with Crippen LogP contribution in [0.5, 0.6) is 0 Å². The third-order valence-electron chi connectivity index (χ3n) is 5.76. The van der Waals surface area contributed by atoms with Gasteiger partial charge in [0.15, 0.2) is 0 Å². The highest BCUT2D eigenvalue weighted by Crippen LogP contribution is 2.44. The predicted molar refractivity (Wildman–Crippen MR) is 84.1 cm³/mol. The largest absolute Gasteiger partial charge is 0.353 e. The van der Waals surface area contributed by atoms with E-state index in [-0.39, 0.29) is 17.8 Å². The lowest BCUT2D eigenvalue weighted by molar-refractivity contribution is -0.135. The van der Waals surface area contributed by atoms with Crippen molar-refractivity contribution in [3.8, 4) is 0 Å². The van der Waals surface area contributed by atoms with Crippen LogP contribution in [0.25, 0.3) is 0 Å². The third kappa shape index (κ3) is 2.99. The second kappa shape index (κ2) is 6.65. The fourth-order valence-corrected chi connectivity index (χ4v) is 4.58. The molecule has 4 heteroatoms. The molecule has 1 amide bonds. The van der Waals surface area contributed by atoms with Crippen molar-refractivity contribution in [1.29, 1.82) is 0 Å². The molecule has 0 aromatic rings. The van der Waals surface area contributed by atoms with E-state index < -0.39 is 0 Å². The minimum Gasteiger partial charge on any atom is -0.353 e. The van der Waals surface area contributed by atoms with Gasteiger partial charge in [-0.05, 0) is 44.1 Å². The summed E-state index contributed by atoms with van der Waals surface area (Å²) in [7, 11) is 0. The van der Waals surface area contributed by atoms with Crippen LogP contribution in [-0.2, 0) is 4.79 Å². The molecule has 0 radical (unpaired) electrons. The molecule has 116 valence electrons. The van der Waals surface area contributed by atoms with Gasteiger partial charge in [0.05, 0.1) is 5.41 Å². The number of hydrogen-bond donors (Lipinski definition) is 2. The van der Waals surface area contributed by atoms with E-state index in [0.29, 0.717) is 17.9 Å². The van der Waals surface area contributed by atoms with Crippen LogP contribution in [0.15, 0.2) is 0 Å². The van der Waals surface area contributed by atoms with Crippen LogP contribution in [0.2, 0.25) is 0 Å². The van der Waals surface area contributed by atoms with Crippen LogP contribution in [0.4, 0.5) is 0 Å². The Labute approximate surface area is 129 Å². The molecule has 2 N–H and O–H groups in total. The minimum atomic E-state index is -0.0705. The van der Waals surface area contributed by atoms with Crippen LogP contribution in [0, 0.1) is 17.3 Å². The Morgan fingerprint density at radius 3 is 2.85 bits per heavy atom. The Morgan fingerprint density at radius 1 is 1.20 bits per heavy atom. The maximum absolute atomic E-state index is 12.8. The molecule has 0 aromatic carbocycles. The Hall–Kier alpha value is -0.280. The normalized spacial score (nSPS) is 40.5. The first-order valence-electron chi connectivity index (χ1n) is 8.22. The number of nitrogens with one attached hydrogen (secondary N) is 2. The predicted octanol–water partition coefficient (Wildman–Crippen LogP) is 2.88. The topological polar surface area (TPSA) is 41.1 Å². The molecular formula is C16H29ClN2O. The molecule has 2 saturated carbocycles. The minimum absolute atomic E-state index is 0. The van der Waals surface area contributed by atoms with Gasteiger partial charge in [-0.2, -0.15) is 0 Å². The van der Waals surface area contributed by atoms with E-state index in [0.717, 1.165) is 25.4 Å². The summed E-state index contributed by atoms with van der Waals surface area (Å²) in [6.07, 6.45) is 9.85. The van der Waals surface area contributed by atoms with Gasteiger partial charge in [-0.15, -0.1) is 12.4 Å². The molecule has 4 atom stereocenters. The van der Waals surface area contributed by atoms with Crippen molar-refractivity contribution in [1.82, 2.24) is 10.6 Å². The van der Waals surface area contributed by atoms with Gasteiger partial charge in [-0.1, -0.05) is 32.6 Å². The number of hydrogen-bond acceptors (Lipinski definition) is 2. The van der Waals surface area contributed by atoms with Crippen LogP contribution in [-0.4, -0.2) is 25.0 Å². The molecule has 0 bridgehead atoms. The number of halogens is 1. The molecule has 2 unspecified atom stereocenters. The summed E-state index contributed by atoms with van der Waals surface area (Å²) in [5.41, 5.74) is -0.0705. The third-order valence-corrected chi connectivity index (χ3v) is 5.76. The van der Waals surface area contributed by atoms with E-state index in [1.807, 2.05) is 0 Å². The van der Waals surface area contributed by atoms with Gasteiger partial charge in [0.2, 0.25) is 5.91 Å². The van der Waals surface area contributed by atoms with Gasteiger partial charge >= 0.3 is 0 Å². The van der Waals surface area contributed by atoms with E-state index in [4.69, 9.17) is 0 Å². The number of carbonyl (C=O) groups excluding carboxylic acids is 1. The lowest BCUT2D eigenvalue weighted by Gasteiger charge is -2.39. The maximum atomic E-state index is 12.8. The van der Waals surface area contributed by atoms with Gasteiger partial charge < -0.3 is 10.6 Å². The molecule has 3 fully saturated rings. The Kier molecular flexibility index (Phi) is 5.36. The van der Waals surface area contributed by atoms with Gasteiger partial charge in [-0.25, -0.2) is 0 Å². The average molecular weight is 301 g/mol. The zero-order chi connectivity index (χ0) is 13.3. The molecule has 2 aliphatic carbocycles. The molecule has 3 aliphatic rings. The first-order valence-corrected chi connectivity index (χ1v) is 8.22. The first kappa shape index (κ1) is 16.1. The summed E-state index contributed by atoms with van der Waals surface area (Å²) >= 11 is 0. The van der Waals surface area contributed by atoms with E-state index >= 15 is 0 Å². The molecule has 3 rings (SSSR count). The lowest BCUT2D eigenvalue weighted by atomic mass is 9.67. The Morgan fingerprint density at radius 2 is 2.05 bits per heavy atom. The molecule has 1 aliphatic heterocycles. The van der Waals surface area contributed by atoms with Crippen LogP contribution in [0.3, 0.4) is 0 Å². The SMILES string of the molecule is CC1CCCC(NC(=O)[C@@]23CCCC[C@H]2CNC3)C1.Cl. The second-order valence-corrected chi connectivity index (χ2v) is 7.17. The summed E-state index contributed by atoms with van der Waals surface area (Å²) < 4.78 is 0. The van der Waals surface area contributed by atoms with E-state index in [1.54, 1.807) is 0 Å². The van der Waals surface area contributed by atoms with E-state index in [2.05, 4.69) is 17.6 Å². The van der Waals surface area contributed by atoms with Gasteiger partial charge in [0.25, 0.3) is 0 Å². The Balaban J connectivity index is 0.00000147. The monoisotopic (exact) mass is 300 g/mol. The molecule has 0 spiro atoms. The van der Waals surface area contributed by atoms with E-state index in [1.165, 1.54) is 44.9 Å². The average Bonchev–Trinajstić information content (AvgIpc) is 2.83. The van der Waals surface area contributed by atoms with Gasteiger partial charge in [0.1, 0.15) is 0 Å². The van der Waals surface area contributed by atoms with Crippen molar-refractivity contribution in [3.63, 3.8) is 0 Å². The standard InChI is InChI=1S/C16H28N2O.ClH/c1-12-5-4-7-14(9-12)18-15(19)16-8-3-2-6-13(16)10-17-11-16;/h12-14,17H,2-11H2,1H3,(H,18,19);1H/t12?,13-,14?,16+;/m0./s1. The molecule has 1 heterocycles. The highest BCUT2D eigenvalue weighted by molar-refractivity contribution is 5.85. The van der Waals surface area contributed by atoms with Gasteiger partial charge in [-0.3, -0.25) is 4.79 Å². The molecule has 20 heavy (non-hydrogen) atoms. The Bertz CT molecular complexity index is 349. The van der Waals surface area contributed by atoms with Crippen molar-refractivity contribution in [2.75, 3.05) is 13.1 Å². The quantitative estimate of drug-likeness (QED) is 0.823. The fourth-order valence-electron chi connectivity index (χ4n) is 4.58.